The van der Waals surface area contributed by atoms with E-state index >= 15 is 0 Å². The van der Waals surface area contributed by atoms with Gasteiger partial charge in [0.05, 0.1) is 12.8 Å². The van der Waals surface area contributed by atoms with Crippen molar-refractivity contribution in [1.29, 1.82) is 0 Å². The number of aromatic nitrogens is 1. The number of carbonyl (C=O) groups is 1. The Hall–Kier alpha value is -2.30. The van der Waals surface area contributed by atoms with Crippen LogP contribution in [0.3, 0.4) is 0 Å². The van der Waals surface area contributed by atoms with E-state index in [4.69, 9.17) is 9.26 Å². The number of carbonyl (C=O) groups excluding carboxylic acids is 1. The highest BCUT2D eigenvalue weighted by Crippen LogP contribution is 2.12. The van der Waals surface area contributed by atoms with Gasteiger partial charge < -0.3 is 14.6 Å². The number of ether oxygens (including phenoxy) is 1. The van der Waals surface area contributed by atoms with E-state index < -0.39 is 0 Å². The minimum Gasteiger partial charge on any atom is -0.497 e. The van der Waals surface area contributed by atoms with Gasteiger partial charge in [-0.15, -0.1) is 0 Å². The van der Waals surface area contributed by atoms with Gasteiger partial charge in [0.1, 0.15) is 5.75 Å². The summed E-state index contributed by atoms with van der Waals surface area (Å²) in [6.45, 7) is 2.31. The molecule has 0 aliphatic heterocycles. The van der Waals surface area contributed by atoms with Crippen LogP contribution in [-0.2, 0) is 6.42 Å². The molecule has 1 N–H and O–H groups in total. The van der Waals surface area contributed by atoms with Crippen molar-refractivity contribution in [2.45, 2.75) is 13.3 Å². The summed E-state index contributed by atoms with van der Waals surface area (Å²) < 4.78 is 10.0. The van der Waals surface area contributed by atoms with Gasteiger partial charge in [0.25, 0.3) is 5.91 Å². The van der Waals surface area contributed by atoms with Crippen LogP contribution in [0.5, 0.6) is 5.75 Å². The highest BCUT2D eigenvalue weighted by molar-refractivity contribution is 5.91. The van der Waals surface area contributed by atoms with Crippen LogP contribution in [0.1, 0.15) is 21.8 Å². The molecular weight excluding hydrogens is 244 g/mol. The van der Waals surface area contributed by atoms with E-state index in [1.54, 1.807) is 20.1 Å². The lowest BCUT2D eigenvalue weighted by atomic mass is 10.1. The molecular formula is C14H16N2O3. The normalized spacial score (nSPS) is 10.2. The molecule has 2 rings (SSSR count). The minimum absolute atomic E-state index is 0.239. The van der Waals surface area contributed by atoms with Crippen LogP contribution in [0.25, 0.3) is 0 Å². The molecule has 0 saturated carbocycles. The summed E-state index contributed by atoms with van der Waals surface area (Å²) >= 11 is 0. The molecule has 0 spiro atoms. The lowest BCUT2D eigenvalue weighted by Gasteiger charge is -2.05. The maximum Gasteiger partial charge on any atom is 0.289 e. The molecule has 100 valence electrons. The number of amides is 1. The molecule has 0 aliphatic rings. The second-order valence-electron chi connectivity index (χ2n) is 4.19. The van der Waals surface area contributed by atoms with Gasteiger partial charge in [-0.3, -0.25) is 4.79 Å². The first kappa shape index (κ1) is 13.1. The Morgan fingerprint density at radius 3 is 2.95 bits per heavy atom. The summed E-state index contributed by atoms with van der Waals surface area (Å²) in [6, 6.07) is 9.37. The molecule has 1 aromatic carbocycles. The number of rotatable bonds is 5. The second-order valence-corrected chi connectivity index (χ2v) is 4.19. The molecule has 1 amide bonds. The zero-order chi connectivity index (χ0) is 13.7. The molecule has 1 heterocycles. The zero-order valence-electron chi connectivity index (χ0n) is 11.0. The van der Waals surface area contributed by atoms with Gasteiger partial charge in [-0.05, 0) is 31.0 Å². The van der Waals surface area contributed by atoms with Crippen molar-refractivity contribution in [3.05, 3.63) is 47.3 Å². The van der Waals surface area contributed by atoms with Crippen molar-refractivity contribution in [1.82, 2.24) is 10.5 Å². The number of hydrogen-bond acceptors (Lipinski definition) is 4. The van der Waals surface area contributed by atoms with Gasteiger partial charge in [0.2, 0.25) is 5.76 Å². The molecule has 0 aliphatic carbocycles. The minimum atomic E-state index is -0.247. The monoisotopic (exact) mass is 260 g/mol. The van der Waals surface area contributed by atoms with Crippen molar-refractivity contribution in [3.8, 4) is 5.75 Å². The molecule has 0 bridgehead atoms. The van der Waals surface area contributed by atoms with Crippen molar-refractivity contribution >= 4 is 5.91 Å². The molecule has 0 radical (unpaired) electrons. The molecule has 0 saturated heterocycles. The van der Waals surface area contributed by atoms with E-state index in [9.17, 15) is 4.79 Å². The third kappa shape index (κ3) is 3.58. The van der Waals surface area contributed by atoms with Crippen LogP contribution in [-0.4, -0.2) is 24.7 Å². The smallest absolute Gasteiger partial charge is 0.289 e. The van der Waals surface area contributed by atoms with E-state index in [0.717, 1.165) is 17.7 Å². The topological polar surface area (TPSA) is 64.4 Å². The third-order valence-corrected chi connectivity index (χ3v) is 2.69. The third-order valence-electron chi connectivity index (χ3n) is 2.69. The Bertz CT molecular complexity index is 563. The van der Waals surface area contributed by atoms with Gasteiger partial charge in [0.15, 0.2) is 0 Å². The Labute approximate surface area is 111 Å². The van der Waals surface area contributed by atoms with Gasteiger partial charge in [-0.1, -0.05) is 17.3 Å². The zero-order valence-corrected chi connectivity index (χ0v) is 11.0. The Kier molecular flexibility index (Phi) is 4.18. The van der Waals surface area contributed by atoms with Crippen LogP contribution >= 0.6 is 0 Å². The van der Waals surface area contributed by atoms with E-state index in [-0.39, 0.29) is 11.7 Å². The average Bonchev–Trinajstić information content (AvgIpc) is 2.86. The predicted molar refractivity (Wildman–Crippen MR) is 70.3 cm³/mol. The highest BCUT2D eigenvalue weighted by atomic mass is 16.5. The van der Waals surface area contributed by atoms with Crippen molar-refractivity contribution in [2.75, 3.05) is 13.7 Å². The first-order valence-corrected chi connectivity index (χ1v) is 6.03. The van der Waals surface area contributed by atoms with Crippen molar-refractivity contribution in [2.24, 2.45) is 0 Å². The molecule has 0 atom stereocenters. The summed E-state index contributed by atoms with van der Waals surface area (Å²) in [6.07, 6.45) is 0.732. The molecule has 0 fully saturated rings. The highest BCUT2D eigenvalue weighted by Gasteiger charge is 2.10. The van der Waals surface area contributed by atoms with Gasteiger partial charge in [0, 0.05) is 12.6 Å². The number of benzene rings is 1. The fourth-order valence-corrected chi connectivity index (χ4v) is 1.71. The van der Waals surface area contributed by atoms with Crippen LogP contribution < -0.4 is 10.1 Å². The Morgan fingerprint density at radius 2 is 2.26 bits per heavy atom. The molecule has 5 nitrogen and oxygen atoms in total. The first-order valence-electron chi connectivity index (χ1n) is 6.03. The fraction of sp³-hybridized carbons (Fsp3) is 0.286. The first-order chi connectivity index (χ1) is 9.19. The summed E-state index contributed by atoms with van der Waals surface area (Å²) in [5, 5.41) is 6.46. The maximum atomic E-state index is 11.7. The Balaban J connectivity index is 1.84. The maximum absolute atomic E-state index is 11.7. The summed E-state index contributed by atoms with van der Waals surface area (Å²) in [5.41, 5.74) is 1.80. The fourth-order valence-electron chi connectivity index (χ4n) is 1.71. The second kappa shape index (κ2) is 6.04. The molecule has 2 aromatic rings. The van der Waals surface area contributed by atoms with Crippen LogP contribution in [0.2, 0.25) is 0 Å². The van der Waals surface area contributed by atoms with E-state index in [2.05, 4.69) is 10.5 Å². The summed E-state index contributed by atoms with van der Waals surface area (Å²) in [7, 11) is 1.63. The van der Waals surface area contributed by atoms with Crippen LogP contribution in [0, 0.1) is 6.92 Å². The van der Waals surface area contributed by atoms with E-state index in [1.165, 1.54) is 0 Å². The van der Waals surface area contributed by atoms with Crippen LogP contribution in [0.15, 0.2) is 34.9 Å². The van der Waals surface area contributed by atoms with Crippen LogP contribution in [0.4, 0.5) is 0 Å². The molecule has 1 aromatic heterocycles. The largest absolute Gasteiger partial charge is 0.497 e. The lowest BCUT2D eigenvalue weighted by Crippen LogP contribution is -2.25. The summed E-state index contributed by atoms with van der Waals surface area (Å²) in [4.78, 5) is 11.7. The standard InChI is InChI=1S/C14H16N2O3/c1-10-8-13(19-16-10)14(17)15-7-6-11-4-3-5-12(9-11)18-2/h3-5,8-9H,6-7H2,1-2H3,(H,15,17). The number of nitrogens with one attached hydrogen (secondary N) is 1. The van der Waals surface area contributed by atoms with Gasteiger partial charge in [-0.25, -0.2) is 0 Å². The molecule has 5 heteroatoms. The predicted octanol–water partition coefficient (Wildman–Crippen LogP) is 1.96. The quantitative estimate of drug-likeness (QED) is 0.892. The number of nitrogens with zero attached hydrogens (tertiary/aromatic N) is 1. The molecule has 0 unspecified atom stereocenters. The van der Waals surface area contributed by atoms with Crippen molar-refractivity contribution < 1.29 is 14.1 Å². The van der Waals surface area contributed by atoms with Crippen molar-refractivity contribution in [3.63, 3.8) is 0 Å². The SMILES string of the molecule is COc1cccc(CCNC(=O)c2cc(C)no2)c1. The number of aryl methyl sites for hydroxylation is 1. The number of hydrogen-bond donors (Lipinski definition) is 1. The lowest BCUT2D eigenvalue weighted by molar-refractivity contribution is 0.0917. The average molecular weight is 260 g/mol. The molecule has 19 heavy (non-hydrogen) atoms. The number of methoxy groups -OCH3 is 1. The Morgan fingerprint density at radius 1 is 1.42 bits per heavy atom. The van der Waals surface area contributed by atoms with E-state index in [1.807, 2.05) is 24.3 Å². The van der Waals surface area contributed by atoms with Gasteiger partial charge >= 0.3 is 0 Å². The summed E-state index contributed by atoms with van der Waals surface area (Å²) in [5.74, 6) is 0.807. The van der Waals surface area contributed by atoms with Gasteiger partial charge in [-0.2, -0.15) is 0 Å². The van der Waals surface area contributed by atoms with E-state index in [0.29, 0.717) is 12.2 Å².